The van der Waals surface area contributed by atoms with Gasteiger partial charge in [0, 0.05) is 19.3 Å². The average molecular weight is 306 g/mol. The van der Waals surface area contributed by atoms with Gasteiger partial charge in [0.05, 0.1) is 17.5 Å². The molecule has 0 N–H and O–H groups in total. The Morgan fingerprint density at radius 3 is 2.48 bits per heavy atom. The molecule has 0 aromatic heterocycles. The van der Waals surface area contributed by atoms with Gasteiger partial charge in [-0.2, -0.15) is 0 Å². The molecule has 0 bridgehead atoms. The van der Waals surface area contributed by atoms with E-state index in [-0.39, 0.29) is 23.7 Å². The fourth-order valence-corrected chi connectivity index (χ4v) is 3.76. The van der Waals surface area contributed by atoms with E-state index in [9.17, 15) is 9.59 Å². The van der Waals surface area contributed by atoms with Crippen LogP contribution < -0.4 is 9.80 Å². The van der Waals surface area contributed by atoms with Crippen molar-refractivity contribution in [3.05, 3.63) is 59.7 Å². The molecule has 4 rings (SSSR count). The maximum absolute atomic E-state index is 13.0. The summed E-state index contributed by atoms with van der Waals surface area (Å²) in [6.07, 6.45) is 0. The van der Waals surface area contributed by atoms with Crippen LogP contribution in [0.15, 0.2) is 48.5 Å². The van der Waals surface area contributed by atoms with E-state index in [1.807, 2.05) is 62.5 Å². The molecule has 2 aliphatic heterocycles. The highest BCUT2D eigenvalue weighted by molar-refractivity contribution is 6.24. The SMILES string of the molecule is Cc1ccc2c(c1)[C@@H]1C(=O)N(c3ccccc3)C(=O)[C@@H]1CN2C. The second kappa shape index (κ2) is 4.95. The van der Waals surface area contributed by atoms with Crippen molar-refractivity contribution in [2.75, 3.05) is 23.4 Å². The smallest absolute Gasteiger partial charge is 0.242 e. The first-order valence-corrected chi connectivity index (χ1v) is 7.82. The first kappa shape index (κ1) is 14.0. The van der Waals surface area contributed by atoms with Crippen LogP contribution >= 0.6 is 0 Å². The topological polar surface area (TPSA) is 40.6 Å². The first-order chi connectivity index (χ1) is 11.1. The zero-order chi connectivity index (χ0) is 16.1. The molecule has 0 radical (unpaired) electrons. The minimum Gasteiger partial charge on any atom is -0.374 e. The van der Waals surface area contributed by atoms with Crippen LogP contribution in [0.1, 0.15) is 17.0 Å². The lowest BCUT2D eigenvalue weighted by molar-refractivity contribution is -0.122. The molecule has 2 atom stereocenters. The summed E-state index contributed by atoms with van der Waals surface area (Å²) in [6.45, 7) is 2.59. The number of imide groups is 1. The molecule has 1 saturated heterocycles. The number of nitrogens with zero attached hydrogens (tertiary/aromatic N) is 2. The summed E-state index contributed by atoms with van der Waals surface area (Å²) in [7, 11) is 1.98. The van der Waals surface area contributed by atoms with Crippen molar-refractivity contribution in [3.63, 3.8) is 0 Å². The molecule has 0 spiro atoms. The van der Waals surface area contributed by atoms with Gasteiger partial charge in [0.25, 0.3) is 0 Å². The molecule has 4 nitrogen and oxygen atoms in total. The molecule has 116 valence electrons. The summed E-state index contributed by atoms with van der Waals surface area (Å²) < 4.78 is 0. The van der Waals surface area contributed by atoms with Crippen LogP contribution in [0.4, 0.5) is 11.4 Å². The summed E-state index contributed by atoms with van der Waals surface area (Å²) in [5.74, 6) is -0.868. The molecule has 2 aromatic rings. The number of fused-ring (bicyclic) bond motifs is 3. The Kier molecular flexibility index (Phi) is 3.01. The molecule has 4 heteroatoms. The molecular weight excluding hydrogens is 288 g/mol. The van der Waals surface area contributed by atoms with Gasteiger partial charge in [-0.3, -0.25) is 9.59 Å². The van der Waals surface area contributed by atoms with Crippen molar-refractivity contribution in [1.29, 1.82) is 0 Å². The van der Waals surface area contributed by atoms with E-state index in [1.54, 1.807) is 0 Å². The lowest BCUT2D eigenvalue weighted by Gasteiger charge is -2.33. The molecule has 0 aliphatic carbocycles. The first-order valence-electron chi connectivity index (χ1n) is 7.82. The number of hydrogen-bond donors (Lipinski definition) is 0. The van der Waals surface area contributed by atoms with Crippen molar-refractivity contribution in [3.8, 4) is 0 Å². The monoisotopic (exact) mass is 306 g/mol. The van der Waals surface area contributed by atoms with Crippen LogP contribution in [0.25, 0.3) is 0 Å². The molecule has 23 heavy (non-hydrogen) atoms. The molecule has 1 fully saturated rings. The number of hydrogen-bond acceptors (Lipinski definition) is 3. The maximum Gasteiger partial charge on any atom is 0.242 e. The summed E-state index contributed by atoms with van der Waals surface area (Å²) in [5, 5.41) is 0. The Morgan fingerprint density at radius 2 is 1.74 bits per heavy atom. The Bertz CT molecular complexity index is 800. The van der Waals surface area contributed by atoms with E-state index in [1.165, 1.54) is 4.90 Å². The van der Waals surface area contributed by atoms with Gasteiger partial charge < -0.3 is 4.90 Å². The van der Waals surface area contributed by atoms with E-state index in [4.69, 9.17) is 0 Å². The van der Waals surface area contributed by atoms with E-state index in [2.05, 4.69) is 4.90 Å². The van der Waals surface area contributed by atoms with Crippen LogP contribution in [0.5, 0.6) is 0 Å². The number of amides is 2. The third kappa shape index (κ3) is 1.98. The van der Waals surface area contributed by atoms with Crippen LogP contribution in [-0.2, 0) is 9.59 Å². The Hall–Kier alpha value is -2.62. The van der Waals surface area contributed by atoms with Crippen molar-refractivity contribution < 1.29 is 9.59 Å². The quantitative estimate of drug-likeness (QED) is 0.761. The fourth-order valence-electron chi connectivity index (χ4n) is 3.76. The minimum atomic E-state index is -0.367. The molecular formula is C19H18N2O2. The van der Waals surface area contributed by atoms with E-state index in [0.717, 1.165) is 16.8 Å². The number of rotatable bonds is 1. The normalized spacial score (nSPS) is 23.0. The number of aryl methyl sites for hydroxylation is 1. The zero-order valence-corrected chi connectivity index (χ0v) is 13.2. The van der Waals surface area contributed by atoms with Crippen LogP contribution in [0.3, 0.4) is 0 Å². The third-order valence-electron chi connectivity index (χ3n) is 4.84. The molecule has 0 unspecified atom stereocenters. The summed E-state index contributed by atoms with van der Waals surface area (Å²) in [4.78, 5) is 29.3. The lowest BCUT2D eigenvalue weighted by Crippen LogP contribution is -2.37. The Morgan fingerprint density at radius 1 is 1.00 bits per heavy atom. The Balaban J connectivity index is 1.84. The second-order valence-electron chi connectivity index (χ2n) is 6.37. The van der Waals surface area contributed by atoms with Gasteiger partial charge in [-0.15, -0.1) is 0 Å². The van der Waals surface area contributed by atoms with Gasteiger partial charge in [-0.1, -0.05) is 35.9 Å². The van der Waals surface area contributed by atoms with E-state index >= 15 is 0 Å². The minimum absolute atomic E-state index is 0.0924. The van der Waals surface area contributed by atoms with Crippen molar-refractivity contribution in [2.24, 2.45) is 5.92 Å². The van der Waals surface area contributed by atoms with Crippen molar-refractivity contribution in [1.82, 2.24) is 0 Å². The number of anilines is 2. The van der Waals surface area contributed by atoms with Crippen LogP contribution in [0, 0.1) is 12.8 Å². The van der Waals surface area contributed by atoms with Crippen LogP contribution in [-0.4, -0.2) is 25.4 Å². The predicted octanol–water partition coefficient (Wildman–Crippen LogP) is 2.72. The Labute approximate surface area is 135 Å². The zero-order valence-electron chi connectivity index (χ0n) is 13.2. The fraction of sp³-hybridized carbons (Fsp3) is 0.263. The summed E-state index contributed by atoms with van der Waals surface area (Å²) in [6, 6.07) is 15.3. The predicted molar refractivity (Wildman–Crippen MR) is 89.6 cm³/mol. The summed E-state index contributed by atoms with van der Waals surface area (Å²) >= 11 is 0. The van der Waals surface area contributed by atoms with Gasteiger partial charge in [0.15, 0.2) is 0 Å². The van der Waals surface area contributed by atoms with E-state index < -0.39 is 0 Å². The van der Waals surface area contributed by atoms with Crippen molar-refractivity contribution in [2.45, 2.75) is 12.8 Å². The number of carbonyl (C=O) groups is 2. The number of carbonyl (C=O) groups excluding carboxylic acids is 2. The van der Waals surface area contributed by atoms with Gasteiger partial charge in [-0.25, -0.2) is 4.90 Å². The highest BCUT2D eigenvalue weighted by atomic mass is 16.2. The van der Waals surface area contributed by atoms with E-state index in [0.29, 0.717) is 12.2 Å². The van der Waals surface area contributed by atoms with Gasteiger partial charge in [0.2, 0.25) is 11.8 Å². The van der Waals surface area contributed by atoms with Crippen LogP contribution in [0.2, 0.25) is 0 Å². The largest absolute Gasteiger partial charge is 0.374 e. The van der Waals surface area contributed by atoms with Gasteiger partial charge in [0.1, 0.15) is 0 Å². The highest BCUT2D eigenvalue weighted by Crippen LogP contribution is 2.45. The standard InChI is InChI=1S/C19H18N2O2/c1-12-8-9-16-14(10-12)17-15(11-20(16)2)18(22)21(19(17)23)13-6-4-3-5-7-13/h3-10,15,17H,11H2,1-2H3/t15-,17+/m1/s1. The average Bonchev–Trinajstić information content (AvgIpc) is 2.79. The molecule has 2 heterocycles. The number of benzene rings is 2. The molecule has 2 aromatic carbocycles. The molecule has 2 aliphatic rings. The highest BCUT2D eigenvalue weighted by Gasteiger charge is 2.52. The van der Waals surface area contributed by atoms with Gasteiger partial charge in [-0.05, 0) is 30.7 Å². The van der Waals surface area contributed by atoms with Crippen molar-refractivity contribution >= 4 is 23.2 Å². The molecule has 2 amide bonds. The van der Waals surface area contributed by atoms with Gasteiger partial charge >= 0.3 is 0 Å². The third-order valence-corrected chi connectivity index (χ3v) is 4.84. The molecule has 0 saturated carbocycles. The second-order valence-corrected chi connectivity index (χ2v) is 6.37. The maximum atomic E-state index is 13.0. The number of para-hydroxylation sites is 1. The summed E-state index contributed by atoms with van der Waals surface area (Å²) in [5.41, 5.74) is 3.79. The lowest BCUT2D eigenvalue weighted by atomic mass is 9.82.